The van der Waals surface area contributed by atoms with E-state index in [0.717, 1.165) is 4.88 Å². The van der Waals surface area contributed by atoms with Crippen LogP contribution in [-0.2, 0) is 4.74 Å². The Hall–Kier alpha value is -3.10. The average Bonchev–Trinajstić information content (AvgIpc) is 3.34. The molecular formula is C21H15FN2O3S2. The predicted molar refractivity (Wildman–Crippen MR) is 113 cm³/mol. The van der Waals surface area contributed by atoms with E-state index in [-0.39, 0.29) is 28.3 Å². The third kappa shape index (κ3) is 3.52. The number of halogens is 1. The molecule has 0 aliphatic heterocycles. The van der Waals surface area contributed by atoms with Crippen LogP contribution < -0.4 is 10.8 Å². The van der Waals surface area contributed by atoms with Crippen LogP contribution >= 0.6 is 23.6 Å². The molecule has 1 aromatic carbocycles. The van der Waals surface area contributed by atoms with Gasteiger partial charge in [-0.3, -0.25) is 9.20 Å². The van der Waals surface area contributed by atoms with Gasteiger partial charge in [0.15, 0.2) is 0 Å². The number of benzene rings is 1. The van der Waals surface area contributed by atoms with E-state index in [2.05, 4.69) is 4.98 Å². The first-order chi connectivity index (χ1) is 14.0. The lowest BCUT2D eigenvalue weighted by molar-refractivity contribution is 0.0529. The average molecular weight is 426 g/mol. The monoisotopic (exact) mass is 426 g/mol. The fraction of sp³-hybridized carbons (Fsp3) is 0.0952. The van der Waals surface area contributed by atoms with Gasteiger partial charge in [-0.05, 0) is 42.1 Å². The first kappa shape index (κ1) is 19.2. The summed E-state index contributed by atoms with van der Waals surface area (Å²) in [6, 6.07) is 9.50. The zero-order valence-corrected chi connectivity index (χ0v) is 16.9. The van der Waals surface area contributed by atoms with Gasteiger partial charge in [0.1, 0.15) is 21.7 Å². The SMILES string of the molecule is CCOC(=O)c1c(-c2ccc(F)cc2)cn2c(=S)c(=Cc3cccs3)c(=O)[nH]c12. The number of aromatic nitrogens is 2. The molecule has 29 heavy (non-hydrogen) atoms. The van der Waals surface area contributed by atoms with Gasteiger partial charge in [0.05, 0.1) is 11.8 Å². The third-order valence-electron chi connectivity index (χ3n) is 4.40. The van der Waals surface area contributed by atoms with E-state index in [9.17, 15) is 14.0 Å². The topological polar surface area (TPSA) is 63.6 Å². The molecule has 0 saturated carbocycles. The van der Waals surface area contributed by atoms with Crippen LogP contribution in [-0.4, -0.2) is 22.0 Å². The number of rotatable bonds is 4. The van der Waals surface area contributed by atoms with Crippen LogP contribution in [0, 0.1) is 10.5 Å². The van der Waals surface area contributed by atoms with Crippen LogP contribution in [0.5, 0.6) is 0 Å². The van der Waals surface area contributed by atoms with Crippen molar-refractivity contribution in [3.63, 3.8) is 0 Å². The molecule has 0 bridgehead atoms. The molecule has 0 amide bonds. The second-order valence-corrected chi connectivity index (χ2v) is 7.56. The van der Waals surface area contributed by atoms with Crippen molar-refractivity contribution in [1.82, 2.24) is 9.38 Å². The number of thiophene rings is 1. The maximum atomic E-state index is 13.4. The number of aromatic amines is 1. The Labute approximate surface area is 173 Å². The maximum absolute atomic E-state index is 13.4. The Balaban J connectivity index is 2.06. The van der Waals surface area contributed by atoms with E-state index in [0.29, 0.717) is 16.3 Å². The standard InChI is InChI=1S/C21H15FN2O3S2/c1-2-27-21(26)17-16(12-5-7-13(22)8-6-12)11-24-18(17)23-19(25)15(20(24)28)10-14-4-3-9-29-14/h3-11H,2H2,1H3,(H,23,25). The fourth-order valence-electron chi connectivity index (χ4n) is 3.09. The van der Waals surface area contributed by atoms with Crippen molar-refractivity contribution in [1.29, 1.82) is 0 Å². The van der Waals surface area contributed by atoms with E-state index in [4.69, 9.17) is 17.0 Å². The molecular weight excluding hydrogens is 411 g/mol. The largest absolute Gasteiger partial charge is 0.462 e. The van der Waals surface area contributed by atoms with E-state index in [1.165, 1.54) is 23.5 Å². The second-order valence-electron chi connectivity index (χ2n) is 6.20. The number of nitrogens with zero attached hydrogens (tertiary/aromatic N) is 1. The number of ether oxygens (including phenoxy) is 1. The first-order valence-corrected chi connectivity index (χ1v) is 10.1. The van der Waals surface area contributed by atoms with E-state index in [1.807, 2.05) is 17.5 Å². The summed E-state index contributed by atoms with van der Waals surface area (Å²) in [7, 11) is 0. The summed E-state index contributed by atoms with van der Waals surface area (Å²) in [4.78, 5) is 29.1. The minimum atomic E-state index is -0.589. The van der Waals surface area contributed by atoms with Gasteiger partial charge in [-0.15, -0.1) is 11.3 Å². The van der Waals surface area contributed by atoms with Crippen LogP contribution in [0.15, 0.2) is 52.8 Å². The quantitative estimate of drug-likeness (QED) is 0.397. The lowest BCUT2D eigenvalue weighted by atomic mass is 10.0. The Morgan fingerprint density at radius 1 is 1.31 bits per heavy atom. The van der Waals surface area contributed by atoms with E-state index >= 15 is 0 Å². The van der Waals surface area contributed by atoms with Crippen molar-refractivity contribution in [3.05, 3.63) is 84.4 Å². The first-order valence-electron chi connectivity index (χ1n) is 8.79. The van der Waals surface area contributed by atoms with Gasteiger partial charge in [-0.2, -0.15) is 0 Å². The van der Waals surface area contributed by atoms with Gasteiger partial charge in [0, 0.05) is 16.6 Å². The zero-order chi connectivity index (χ0) is 20.5. The van der Waals surface area contributed by atoms with Crippen molar-refractivity contribution >= 4 is 41.2 Å². The highest BCUT2D eigenvalue weighted by atomic mass is 32.1. The van der Waals surface area contributed by atoms with Crippen molar-refractivity contribution in [2.75, 3.05) is 6.61 Å². The van der Waals surface area contributed by atoms with Gasteiger partial charge in [-0.1, -0.05) is 30.4 Å². The van der Waals surface area contributed by atoms with Gasteiger partial charge in [0.25, 0.3) is 5.56 Å². The smallest absolute Gasteiger partial charge is 0.342 e. The Morgan fingerprint density at radius 2 is 2.07 bits per heavy atom. The van der Waals surface area contributed by atoms with Gasteiger partial charge >= 0.3 is 5.97 Å². The molecule has 4 aromatic rings. The lowest BCUT2D eigenvalue weighted by Gasteiger charge is -2.05. The van der Waals surface area contributed by atoms with Crippen LogP contribution in [0.4, 0.5) is 4.39 Å². The molecule has 3 heterocycles. The predicted octanol–water partition coefficient (Wildman–Crippen LogP) is 3.95. The number of esters is 1. The van der Waals surface area contributed by atoms with Crippen LogP contribution in [0.25, 0.3) is 22.9 Å². The Morgan fingerprint density at radius 3 is 2.72 bits per heavy atom. The summed E-state index contributed by atoms with van der Waals surface area (Å²) in [6.45, 7) is 1.87. The fourth-order valence-corrected chi connectivity index (χ4v) is 4.04. The van der Waals surface area contributed by atoms with Gasteiger partial charge < -0.3 is 9.72 Å². The van der Waals surface area contributed by atoms with Crippen molar-refractivity contribution < 1.29 is 13.9 Å². The highest BCUT2D eigenvalue weighted by Gasteiger charge is 2.22. The highest BCUT2D eigenvalue weighted by molar-refractivity contribution is 7.71. The van der Waals surface area contributed by atoms with Crippen LogP contribution in [0.2, 0.25) is 0 Å². The molecule has 3 aromatic heterocycles. The molecule has 4 rings (SSSR count). The summed E-state index contributed by atoms with van der Waals surface area (Å²) >= 11 is 7.04. The molecule has 0 spiro atoms. The molecule has 0 fully saturated rings. The summed E-state index contributed by atoms with van der Waals surface area (Å²) in [5.74, 6) is -0.977. The molecule has 0 aliphatic rings. The minimum Gasteiger partial charge on any atom is -0.462 e. The number of H-pyrrole nitrogens is 1. The van der Waals surface area contributed by atoms with Crippen molar-refractivity contribution in [2.24, 2.45) is 0 Å². The normalized spacial score (nSPS) is 11.9. The highest BCUT2D eigenvalue weighted by Crippen LogP contribution is 2.28. The summed E-state index contributed by atoms with van der Waals surface area (Å²) < 4.78 is 20.4. The summed E-state index contributed by atoms with van der Waals surface area (Å²) in [6.07, 6.45) is 3.38. The summed E-state index contributed by atoms with van der Waals surface area (Å²) in [5, 5.41) is 2.23. The number of nitrogens with one attached hydrogen (secondary N) is 1. The van der Waals surface area contributed by atoms with Crippen molar-refractivity contribution in [2.45, 2.75) is 6.92 Å². The number of carbonyl (C=O) groups is 1. The third-order valence-corrected chi connectivity index (χ3v) is 5.63. The molecule has 8 heteroatoms. The number of carbonyl (C=O) groups excluding carboxylic acids is 1. The molecule has 146 valence electrons. The minimum absolute atomic E-state index is 0.175. The molecule has 0 atom stereocenters. The van der Waals surface area contributed by atoms with Crippen LogP contribution in [0.1, 0.15) is 22.2 Å². The molecule has 1 N–H and O–H groups in total. The molecule has 0 saturated heterocycles. The maximum Gasteiger partial charge on any atom is 0.342 e. The molecule has 5 nitrogen and oxygen atoms in total. The van der Waals surface area contributed by atoms with Gasteiger partial charge in [0.2, 0.25) is 0 Å². The molecule has 0 unspecified atom stereocenters. The number of hydrogen-bond donors (Lipinski definition) is 1. The zero-order valence-electron chi connectivity index (χ0n) is 15.3. The summed E-state index contributed by atoms with van der Waals surface area (Å²) in [5.41, 5.74) is 1.14. The lowest BCUT2D eigenvalue weighted by Crippen LogP contribution is -2.30. The Bertz CT molecular complexity index is 1370. The van der Waals surface area contributed by atoms with Crippen molar-refractivity contribution in [3.8, 4) is 11.1 Å². The Kier molecular flexibility index (Phi) is 5.12. The molecule has 0 aliphatic carbocycles. The number of fused-ring (bicyclic) bond motifs is 1. The van der Waals surface area contributed by atoms with Crippen LogP contribution in [0.3, 0.4) is 0 Å². The van der Waals surface area contributed by atoms with Gasteiger partial charge in [-0.25, -0.2) is 9.18 Å². The number of hydrogen-bond acceptors (Lipinski definition) is 5. The van der Waals surface area contributed by atoms with E-state index < -0.39 is 11.5 Å². The van der Waals surface area contributed by atoms with E-state index in [1.54, 1.807) is 35.7 Å². The molecule has 0 radical (unpaired) electrons. The second kappa shape index (κ2) is 7.73.